The minimum atomic E-state index is 0.917. The number of benzene rings is 2. The average molecular weight is 251 g/mol. The van der Waals surface area contributed by atoms with Crippen molar-refractivity contribution in [1.82, 2.24) is 0 Å². The lowest BCUT2D eigenvalue weighted by molar-refractivity contribution is 0.747. The molecule has 0 spiro atoms. The number of aliphatic imine (C=N–C) groups is 1. The van der Waals surface area contributed by atoms with Gasteiger partial charge in [-0.05, 0) is 37.3 Å². The van der Waals surface area contributed by atoms with Gasteiger partial charge in [0.2, 0.25) is 0 Å². The van der Waals surface area contributed by atoms with Gasteiger partial charge < -0.3 is 0 Å². The van der Waals surface area contributed by atoms with E-state index in [1.54, 1.807) is 0 Å². The van der Waals surface area contributed by atoms with Crippen LogP contribution in [0.4, 0.5) is 0 Å². The van der Waals surface area contributed by atoms with Crippen molar-refractivity contribution >= 4 is 6.21 Å². The maximum atomic E-state index is 4.48. The molecule has 1 heteroatoms. The zero-order chi connectivity index (χ0) is 13.3. The number of hydrogen-bond acceptors (Lipinski definition) is 1. The molecule has 2 aromatic rings. The van der Waals surface area contributed by atoms with E-state index in [0.29, 0.717) is 0 Å². The maximum Gasteiger partial charge on any atom is 0.0389 e. The fourth-order valence-electron chi connectivity index (χ4n) is 2.00. The van der Waals surface area contributed by atoms with Crippen LogP contribution in [0.2, 0.25) is 0 Å². The highest BCUT2D eigenvalue weighted by Crippen LogP contribution is 2.05. The summed E-state index contributed by atoms with van der Waals surface area (Å²) in [4.78, 5) is 4.48. The van der Waals surface area contributed by atoms with E-state index in [-0.39, 0.29) is 0 Å². The standard InChI is InChI=1S/C18H21N/c1-16-10-12-18(13-11-16)15-19-14-6-5-9-17-7-3-2-4-8-17/h2-4,7-8,10-13,15H,5-6,9,14H2,1H3. The highest BCUT2D eigenvalue weighted by atomic mass is 14.7. The van der Waals surface area contributed by atoms with Crippen molar-refractivity contribution in [3.05, 3.63) is 71.3 Å². The van der Waals surface area contributed by atoms with Crippen molar-refractivity contribution in [2.24, 2.45) is 4.99 Å². The summed E-state index contributed by atoms with van der Waals surface area (Å²) >= 11 is 0. The van der Waals surface area contributed by atoms with E-state index in [1.807, 2.05) is 6.21 Å². The molecular formula is C18H21N. The molecule has 0 bridgehead atoms. The fraction of sp³-hybridized carbons (Fsp3) is 0.278. The molecule has 0 heterocycles. The summed E-state index contributed by atoms with van der Waals surface area (Å²) in [6.07, 6.45) is 5.48. The van der Waals surface area contributed by atoms with Crippen LogP contribution in [0, 0.1) is 6.92 Å². The van der Waals surface area contributed by atoms with Gasteiger partial charge in [0.15, 0.2) is 0 Å². The second kappa shape index (κ2) is 7.52. The highest BCUT2D eigenvalue weighted by Gasteiger charge is 1.91. The number of unbranched alkanes of at least 4 members (excludes halogenated alkanes) is 1. The van der Waals surface area contributed by atoms with E-state index in [4.69, 9.17) is 0 Å². The van der Waals surface area contributed by atoms with E-state index in [2.05, 4.69) is 66.5 Å². The van der Waals surface area contributed by atoms with E-state index in [0.717, 1.165) is 19.4 Å². The molecule has 0 aliphatic rings. The molecule has 2 rings (SSSR count). The highest BCUT2D eigenvalue weighted by molar-refractivity contribution is 5.79. The monoisotopic (exact) mass is 251 g/mol. The summed E-state index contributed by atoms with van der Waals surface area (Å²) < 4.78 is 0. The summed E-state index contributed by atoms with van der Waals surface area (Å²) in [5, 5.41) is 0. The minimum absolute atomic E-state index is 0.917. The van der Waals surface area contributed by atoms with Crippen molar-refractivity contribution in [3.63, 3.8) is 0 Å². The summed E-state index contributed by atoms with van der Waals surface area (Å²) in [5.41, 5.74) is 3.90. The molecule has 1 nitrogen and oxygen atoms in total. The molecule has 0 atom stereocenters. The Hall–Kier alpha value is -1.89. The molecule has 19 heavy (non-hydrogen) atoms. The van der Waals surface area contributed by atoms with Gasteiger partial charge in [-0.2, -0.15) is 0 Å². The Kier molecular flexibility index (Phi) is 5.36. The number of hydrogen-bond donors (Lipinski definition) is 0. The van der Waals surface area contributed by atoms with Crippen molar-refractivity contribution < 1.29 is 0 Å². The van der Waals surface area contributed by atoms with Crippen molar-refractivity contribution in [2.75, 3.05) is 6.54 Å². The molecule has 0 radical (unpaired) electrons. The molecule has 0 saturated heterocycles. The van der Waals surface area contributed by atoms with E-state index in [1.165, 1.54) is 23.1 Å². The molecule has 0 N–H and O–H groups in total. The molecule has 0 unspecified atom stereocenters. The summed E-state index contributed by atoms with van der Waals surface area (Å²) in [5.74, 6) is 0. The van der Waals surface area contributed by atoms with Crippen LogP contribution >= 0.6 is 0 Å². The van der Waals surface area contributed by atoms with Crippen molar-refractivity contribution in [3.8, 4) is 0 Å². The first-order chi connectivity index (χ1) is 9.34. The van der Waals surface area contributed by atoms with Crippen LogP contribution in [-0.2, 0) is 6.42 Å². The second-order valence-electron chi connectivity index (χ2n) is 4.89. The first-order valence-electron chi connectivity index (χ1n) is 6.95. The van der Waals surface area contributed by atoms with Gasteiger partial charge in [-0.25, -0.2) is 0 Å². The number of aryl methyl sites for hydroxylation is 2. The Bertz CT molecular complexity index is 497. The minimum Gasteiger partial charge on any atom is -0.293 e. The van der Waals surface area contributed by atoms with Gasteiger partial charge >= 0.3 is 0 Å². The van der Waals surface area contributed by atoms with E-state index < -0.39 is 0 Å². The first-order valence-corrected chi connectivity index (χ1v) is 6.95. The largest absolute Gasteiger partial charge is 0.293 e. The molecule has 0 aliphatic heterocycles. The van der Waals surface area contributed by atoms with Crippen LogP contribution in [0.5, 0.6) is 0 Å². The number of rotatable bonds is 6. The molecule has 0 aromatic heterocycles. The predicted molar refractivity (Wildman–Crippen MR) is 83.0 cm³/mol. The lowest BCUT2D eigenvalue weighted by atomic mass is 10.1. The Morgan fingerprint density at radius 2 is 1.63 bits per heavy atom. The second-order valence-corrected chi connectivity index (χ2v) is 4.89. The SMILES string of the molecule is Cc1ccc(C=NCCCCc2ccccc2)cc1. The smallest absolute Gasteiger partial charge is 0.0389 e. The zero-order valence-corrected chi connectivity index (χ0v) is 11.5. The third kappa shape index (κ3) is 5.09. The normalized spacial score (nSPS) is 11.0. The van der Waals surface area contributed by atoms with Gasteiger partial charge in [-0.3, -0.25) is 4.99 Å². The number of nitrogens with zero attached hydrogens (tertiary/aromatic N) is 1. The van der Waals surface area contributed by atoms with Crippen LogP contribution in [0.25, 0.3) is 0 Å². The van der Waals surface area contributed by atoms with Gasteiger partial charge in [0.05, 0.1) is 0 Å². The van der Waals surface area contributed by atoms with Crippen LogP contribution in [0.1, 0.15) is 29.5 Å². The Morgan fingerprint density at radius 3 is 2.37 bits per heavy atom. The Labute approximate surface area is 116 Å². The molecule has 0 aliphatic carbocycles. The van der Waals surface area contributed by atoms with E-state index in [9.17, 15) is 0 Å². The Balaban J connectivity index is 1.65. The average Bonchev–Trinajstić information content (AvgIpc) is 2.46. The first kappa shape index (κ1) is 13.5. The van der Waals surface area contributed by atoms with Gasteiger partial charge in [0.1, 0.15) is 0 Å². The Morgan fingerprint density at radius 1 is 0.895 bits per heavy atom. The maximum absolute atomic E-state index is 4.48. The van der Waals surface area contributed by atoms with Crippen LogP contribution in [0.3, 0.4) is 0 Å². The van der Waals surface area contributed by atoms with Crippen LogP contribution in [0.15, 0.2) is 59.6 Å². The van der Waals surface area contributed by atoms with Crippen molar-refractivity contribution in [1.29, 1.82) is 0 Å². The third-order valence-electron chi connectivity index (χ3n) is 3.16. The fourth-order valence-corrected chi connectivity index (χ4v) is 2.00. The summed E-state index contributed by atoms with van der Waals surface area (Å²) in [7, 11) is 0. The van der Waals surface area contributed by atoms with Gasteiger partial charge in [-0.15, -0.1) is 0 Å². The quantitative estimate of drug-likeness (QED) is 0.532. The van der Waals surface area contributed by atoms with Crippen LogP contribution in [-0.4, -0.2) is 12.8 Å². The lowest BCUT2D eigenvalue weighted by Crippen LogP contribution is -1.89. The van der Waals surface area contributed by atoms with Crippen molar-refractivity contribution in [2.45, 2.75) is 26.2 Å². The molecule has 0 saturated carbocycles. The van der Waals surface area contributed by atoms with Gasteiger partial charge in [-0.1, -0.05) is 60.2 Å². The lowest BCUT2D eigenvalue weighted by Gasteiger charge is -1.99. The molecule has 0 fully saturated rings. The molecule has 0 amide bonds. The zero-order valence-electron chi connectivity index (χ0n) is 11.5. The van der Waals surface area contributed by atoms with Gasteiger partial charge in [0.25, 0.3) is 0 Å². The predicted octanol–water partition coefficient (Wildman–Crippen LogP) is 4.44. The summed E-state index contributed by atoms with van der Waals surface area (Å²) in [6, 6.07) is 19.1. The topological polar surface area (TPSA) is 12.4 Å². The molecular weight excluding hydrogens is 230 g/mol. The van der Waals surface area contributed by atoms with Gasteiger partial charge in [0, 0.05) is 12.8 Å². The third-order valence-corrected chi connectivity index (χ3v) is 3.16. The van der Waals surface area contributed by atoms with Crippen LogP contribution < -0.4 is 0 Å². The van der Waals surface area contributed by atoms with E-state index >= 15 is 0 Å². The summed E-state index contributed by atoms with van der Waals surface area (Å²) in [6.45, 7) is 3.02. The molecule has 98 valence electrons. The molecule has 2 aromatic carbocycles.